The normalized spacial score (nSPS) is 13.5. The van der Waals surface area contributed by atoms with E-state index >= 15 is 0 Å². The Balaban J connectivity index is 2.17. The number of amidine groups is 1. The zero-order valence-corrected chi connectivity index (χ0v) is 10.1. The van der Waals surface area contributed by atoms with E-state index in [-0.39, 0.29) is 11.8 Å². The zero-order chi connectivity index (χ0) is 13.0. The number of nitrogens with zero attached hydrogens (tertiary/aromatic N) is 2. The third-order valence-electron chi connectivity index (χ3n) is 2.70. The number of para-hydroxylation sites is 1. The molecule has 2 rings (SSSR count). The molecule has 1 heterocycles. The number of hydrogen-bond acceptors (Lipinski definition) is 4. The van der Waals surface area contributed by atoms with E-state index in [0.717, 1.165) is 10.9 Å². The third-order valence-corrected chi connectivity index (χ3v) is 2.70. The van der Waals surface area contributed by atoms with Crippen LogP contribution in [0.25, 0.3) is 10.9 Å². The summed E-state index contributed by atoms with van der Waals surface area (Å²) in [4.78, 5) is 4.29. The number of pyridine rings is 1. The van der Waals surface area contributed by atoms with Crippen LogP contribution in [-0.2, 0) is 0 Å². The Kier molecular flexibility index (Phi) is 3.62. The molecule has 0 spiro atoms. The Hall–Kier alpha value is -2.30. The largest absolute Gasteiger partial charge is 0.491 e. The molecule has 1 aromatic carbocycles. The van der Waals surface area contributed by atoms with E-state index in [0.29, 0.717) is 12.4 Å². The topological polar surface area (TPSA) is 80.7 Å². The molecule has 1 aromatic heterocycles. The molecule has 18 heavy (non-hydrogen) atoms. The predicted molar refractivity (Wildman–Crippen MR) is 69.8 cm³/mol. The van der Waals surface area contributed by atoms with Gasteiger partial charge in [-0.05, 0) is 12.1 Å². The van der Waals surface area contributed by atoms with Gasteiger partial charge in [-0.1, -0.05) is 30.3 Å². The third kappa shape index (κ3) is 2.51. The summed E-state index contributed by atoms with van der Waals surface area (Å²) >= 11 is 0. The molecule has 0 aliphatic rings. The average molecular weight is 245 g/mol. The smallest absolute Gasteiger partial charge is 0.145 e. The monoisotopic (exact) mass is 245 g/mol. The minimum atomic E-state index is -0.158. The molecule has 1 atom stereocenters. The lowest BCUT2D eigenvalue weighted by atomic mass is 10.2. The Bertz CT molecular complexity index is 564. The second-order valence-electron chi connectivity index (χ2n) is 4.07. The minimum Gasteiger partial charge on any atom is -0.491 e. The molecular formula is C13H15N3O2. The maximum absolute atomic E-state index is 8.57. The van der Waals surface area contributed by atoms with Crippen molar-refractivity contribution < 1.29 is 9.94 Å². The van der Waals surface area contributed by atoms with Crippen LogP contribution in [0.2, 0.25) is 0 Å². The van der Waals surface area contributed by atoms with Gasteiger partial charge in [0.2, 0.25) is 0 Å². The highest BCUT2D eigenvalue weighted by molar-refractivity contribution is 5.84. The van der Waals surface area contributed by atoms with E-state index in [1.807, 2.05) is 37.3 Å². The number of hydrogen-bond donors (Lipinski definition) is 2. The van der Waals surface area contributed by atoms with Crippen molar-refractivity contribution in [2.24, 2.45) is 16.8 Å². The Morgan fingerprint density at radius 3 is 3.00 bits per heavy atom. The van der Waals surface area contributed by atoms with Crippen LogP contribution in [-0.4, -0.2) is 22.6 Å². The van der Waals surface area contributed by atoms with Gasteiger partial charge in [0.25, 0.3) is 0 Å². The van der Waals surface area contributed by atoms with Crippen LogP contribution >= 0.6 is 0 Å². The Morgan fingerprint density at radius 1 is 1.44 bits per heavy atom. The first-order chi connectivity index (χ1) is 8.72. The van der Waals surface area contributed by atoms with Crippen LogP contribution in [0.4, 0.5) is 0 Å². The minimum absolute atomic E-state index is 0.156. The summed E-state index contributed by atoms with van der Waals surface area (Å²) in [6.45, 7) is 2.17. The van der Waals surface area contributed by atoms with E-state index in [2.05, 4.69) is 10.1 Å². The molecule has 0 saturated heterocycles. The molecule has 2 aromatic rings. The fraction of sp³-hybridized carbons (Fsp3) is 0.231. The molecule has 0 saturated carbocycles. The first kappa shape index (κ1) is 12.2. The molecule has 94 valence electrons. The number of oxime groups is 1. The van der Waals surface area contributed by atoms with Crippen LogP contribution in [0.1, 0.15) is 6.92 Å². The first-order valence-corrected chi connectivity index (χ1v) is 5.66. The van der Waals surface area contributed by atoms with Crippen LogP contribution in [0, 0.1) is 5.92 Å². The SMILES string of the molecule is CC(COc1cccc2cccnc12)/C(N)=N/O. The van der Waals surface area contributed by atoms with Gasteiger partial charge in [0, 0.05) is 11.6 Å². The summed E-state index contributed by atoms with van der Waals surface area (Å²) in [6, 6.07) is 9.59. The number of aromatic nitrogens is 1. The van der Waals surface area contributed by atoms with Crippen molar-refractivity contribution >= 4 is 16.7 Å². The van der Waals surface area contributed by atoms with Gasteiger partial charge in [-0.25, -0.2) is 0 Å². The molecule has 0 bridgehead atoms. The van der Waals surface area contributed by atoms with Gasteiger partial charge >= 0.3 is 0 Å². The van der Waals surface area contributed by atoms with Crippen molar-refractivity contribution in [2.45, 2.75) is 6.92 Å². The fourth-order valence-electron chi connectivity index (χ4n) is 1.59. The number of benzene rings is 1. The van der Waals surface area contributed by atoms with Gasteiger partial charge in [0.1, 0.15) is 17.1 Å². The first-order valence-electron chi connectivity index (χ1n) is 5.66. The van der Waals surface area contributed by atoms with Gasteiger partial charge in [0.15, 0.2) is 0 Å². The maximum atomic E-state index is 8.57. The van der Waals surface area contributed by atoms with Crippen LogP contribution in [0.5, 0.6) is 5.75 Å². The second kappa shape index (κ2) is 5.35. The average Bonchev–Trinajstić information content (AvgIpc) is 2.43. The molecule has 3 N–H and O–H groups in total. The highest BCUT2D eigenvalue weighted by atomic mass is 16.5. The lowest BCUT2D eigenvalue weighted by molar-refractivity contribution is 0.281. The lowest BCUT2D eigenvalue weighted by Gasteiger charge is -2.12. The van der Waals surface area contributed by atoms with Crippen molar-refractivity contribution in [3.63, 3.8) is 0 Å². The van der Waals surface area contributed by atoms with E-state index in [9.17, 15) is 0 Å². The van der Waals surface area contributed by atoms with Gasteiger partial charge < -0.3 is 15.7 Å². The molecule has 0 amide bonds. The summed E-state index contributed by atoms with van der Waals surface area (Å²) in [5.74, 6) is 0.697. The van der Waals surface area contributed by atoms with Crippen molar-refractivity contribution in [1.29, 1.82) is 0 Å². The van der Waals surface area contributed by atoms with Gasteiger partial charge in [-0.3, -0.25) is 4.98 Å². The van der Waals surface area contributed by atoms with Gasteiger partial charge in [-0.2, -0.15) is 0 Å². The van der Waals surface area contributed by atoms with Crippen LogP contribution in [0.15, 0.2) is 41.7 Å². The predicted octanol–water partition coefficient (Wildman–Crippen LogP) is 2.00. The van der Waals surface area contributed by atoms with Crippen molar-refractivity contribution in [3.8, 4) is 5.75 Å². The lowest BCUT2D eigenvalue weighted by Crippen LogP contribution is -2.26. The number of fused-ring (bicyclic) bond motifs is 1. The molecule has 0 aliphatic heterocycles. The highest BCUT2D eigenvalue weighted by Gasteiger charge is 2.10. The summed E-state index contributed by atoms with van der Waals surface area (Å²) in [5, 5.41) is 12.6. The van der Waals surface area contributed by atoms with E-state index in [1.165, 1.54) is 0 Å². The maximum Gasteiger partial charge on any atom is 0.145 e. The molecule has 0 radical (unpaired) electrons. The molecule has 1 unspecified atom stereocenters. The molecule has 5 nitrogen and oxygen atoms in total. The Labute approximate surface area is 105 Å². The molecule has 0 aliphatic carbocycles. The van der Waals surface area contributed by atoms with E-state index < -0.39 is 0 Å². The summed E-state index contributed by atoms with van der Waals surface area (Å²) < 4.78 is 5.67. The molecule has 5 heteroatoms. The van der Waals surface area contributed by atoms with Crippen molar-refractivity contribution in [2.75, 3.05) is 6.61 Å². The van der Waals surface area contributed by atoms with E-state index in [4.69, 9.17) is 15.7 Å². The number of rotatable bonds is 4. The number of nitrogens with two attached hydrogens (primary N) is 1. The zero-order valence-electron chi connectivity index (χ0n) is 10.1. The fourth-order valence-corrected chi connectivity index (χ4v) is 1.59. The summed E-state index contributed by atoms with van der Waals surface area (Å²) in [6.07, 6.45) is 1.72. The van der Waals surface area contributed by atoms with Crippen molar-refractivity contribution in [1.82, 2.24) is 4.98 Å². The molecule has 0 fully saturated rings. The Morgan fingerprint density at radius 2 is 2.22 bits per heavy atom. The summed E-state index contributed by atoms with van der Waals surface area (Å²) in [5.41, 5.74) is 6.31. The quantitative estimate of drug-likeness (QED) is 0.373. The van der Waals surface area contributed by atoms with Gasteiger partial charge in [-0.15, -0.1) is 0 Å². The van der Waals surface area contributed by atoms with Crippen LogP contribution in [0.3, 0.4) is 0 Å². The highest BCUT2D eigenvalue weighted by Crippen LogP contribution is 2.23. The van der Waals surface area contributed by atoms with Crippen LogP contribution < -0.4 is 10.5 Å². The molecular weight excluding hydrogens is 230 g/mol. The number of ether oxygens (including phenoxy) is 1. The van der Waals surface area contributed by atoms with E-state index in [1.54, 1.807) is 6.20 Å². The van der Waals surface area contributed by atoms with Gasteiger partial charge in [0.05, 0.1) is 12.5 Å². The van der Waals surface area contributed by atoms with Crippen molar-refractivity contribution in [3.05, 3.63) is 36.5 Å². The standard InChI is InChI=1S/C13H15N3O2/c1-9(13(14)16-17)8-18-11-6-2-4-10-5-3-7-15-12(10)11/h2-7,9,17H,8H2,1H3,(H2,14,16). The summed E-state index contributed by atoms with van der Waals surface area (Å²) in [7, 11) is 0. The second-order valence-corrected chi connectivity index (χ2v) is 4.07.